The summed E-state index contributed by atoms with van der Waals surface area (Å²) in [5, 5.41) is -0.0355. The molecular formula is C19H18N2O3S. The Bertz CT molecular complexity index is 871. The average molecular weight is 354 g/mol. The van der Waals surface area contributed by atoms with Crippen LogP contribution < -0.4 is 0 Å². The zero-order valence-corrected chi connectivity index (χ0v) is 15.0. The number of methoxy groups -OCH3 is 2. The van der Waals surface area contributed by atoms with Gasteiger partial charge < -0.3 is 9.47 Å². The number of carbonyl (C=O) groups is 1. The van der Waals surface area contributed by atoms with Crippen LogP contribution in [0.15, 0.2) is 58.1 Å². The molecule has 0 N–H and O–H groups in total. The van der Waals surface area contributed by atoms with Crippen molar-refractivity contribution < 1.29 is 14.3 Å². The summed E-state index contributed by atoms with van der Waals surface area (Å²) in [6, 6.07) is 7.85. The van der Waals surface area contributed by atoms with Gasteiger partial charge in [0, 0.05) is 5.56 Å². The van der Waals surface area contributed by atoms with Crippen LogP contribution >= 0.6 is 11.8 Å². The Morgan fingerprint density at radius 3 is 2.80 bits per heavy atom. The Morgan fingerprint density at radius 2 is 2.04 bits per heavy atom. The number of para-hydroxylation sites is 1. The molecule has 128 valence electrons. The second-order valence-corrected chi connectivity index (χ2v) is 7.26. The van der Waals surface area contributed by atoms with E-state index < -0.39 is 10.8 Å². The van der Waals surface area contributed by atoms with Crippen LogP contribution in [0.2, 0.25) is 0 Å². The van der Waals surface area contributed by atoms with Crippen molar-refractivity contribution in [2.75, 3.05) is 14.2 Å². The SMILES string of the molecule is COC(=O)C1SC(OC)=NC12c1ccccc1N=C1C=CC(C)=CC12. The molecule has 25 heavy (non-hydrogen) atoms. The van der Waals surface area contributed by atoms with E-state index in [4.69, 9.17) is 19.5 Å². The maximum absolute atomic E-state index is 12.7. The monoisotopic (exact) mass is 354 g/mol. The Morgan fingerprint density at radius 1 is 1.24 bits per heavy atom. The van der Waals surface area contributed by atoms with Crippen molar-refractivity contribution in [1.29, 1.82) is 0 Å². The van der Waals surface area contributed by atoms with Crippen molar-refractivity contribution in [2.45, 2.75) is 17.7 Å². The molecule has 0 radical (unpaired) electrons. The van der Waals surface area contributed by atoms with Gasteiger partial charge in [-0.3, -0.25) is 9.79 Å². The van der Waals surface area contributed by atoms with Crippen LogP contribution in [-0.4, -0.2) is 36.4 Å². The van der Waals surface area contributed by atoms with Crippen LogP contribution in [-0.2, 0) is 19.8 Å². The summed E-state index contributed by atoms with van der Waals surface area (Å²) >= 11 is 1.31. The highest BCUT2D eigenvalue weighted by molar-refractivity contribution is 8.15. The Balaban J connectivity index is 2.01. The second-order valence-electron chi connectivity index (χ2n) is 6.20. The number of hydrogen-bond donors (Lipinski definition) is 0. The molecular weight excluding hydrogens is 336 g/mol. The molecule has 0 bridgehead atoms. The minimum atomic E-state index is -0.817. The molecule has 6 heteroatoms. The molecule has 3 atom stereocenters. The number of ether oxygens (including phenoxy) is 2. The van der Waals surface area contributed by atoms with Crippen LogP contribution in [0.5, 0.6) is 0 Å². The van der Waals surface area contributed by atoms with Crippen LogP contribution in [0.4, 0.5) is 5.69 Å². The van der Waals surface area contributed by atoms with Crippen LogP contribution in [0, 0.1) is 5.92 Å². The quantitative estimate of drug-likeness (QED) is 0.725. The minimum absolute atomic E-state index is 0.142. The van der Waals surface area contributed by atoms with Gasteiger partial charge in [-0.1, -0.05) is 35.9 Å². The Kier molecular flexibility index (Phi) is 3.80. The largest absolute Gasteiger partial charge is 0.476 e. The number of aliphatic imine (C=N–C) groups is 2. The Labute approximate surface area is 150 Å². The topological polar surface area (TPSA) is 60.2 Å². The lowest BCUT2D eigenvalue weighted by molar-refractivity contribution is -0.141. The molecule has 5 nitrogen and oxygen atoms in total. The van der Waals surface area contributed by atoms with Gasteiger partial charge in [0.15, 0.2) is 0 Å². The summed E-state index contributed by atoms with van der Waals surface area (Å²) in [6.07, 6.45) is 6.18. The van der Waals surface area contributed by atoms with E-state index >= 15 is 0 Å². The van der Waals surface area contributed by atoms with E-state index in [0.29, 0.717) is 5.23 Å². The van der Waals surface area contributed by atoms with Crippen molar-refractivity contribution in [2.24, 2.45) is 15.9 Å². The molecule has 0 saturated heterocycles. The van der Waals surface area contributed by atoms with Gasteiger partial charge in [-0.2, -0.15) is 0 Å². The lowest BCUT2D eigenvalue weighted by Gasteiger charge is -2.41. The van der Waals surface area contributed by atoms with Gasteiger partial charge in [-0.25, -0.2) is 4.99 Å². The van der Waals surface area contributed by atoms with Gasteiger partial charge in [-0.15, -0.1) is 0 Å². The van der Waals surface area contributed by atoms with Gasteiger partial charge in [0.1, 0.15) is 10.8 Å². The highest BCUT2D eigenvalue weighted by atomic mass is 32.2. The van der Waals surface area contributed by atoms with E-state index in [-0.39, 0.29) is 11.9 Å². The van der Waals surface area contributed by atoms with Gasteiger partial charge >= 0.3 is 5.97 Å². The molecule has 2 heterocycles. The summed E-state index contributed by atoms with van der Waals surface area (Å²) in [7, 11) is 2.98. The number of nitrogens with zero attached hydrogens (tertiary/aromatic N) is 2. The summed E-state index contributed by atoms with van der Waals surface area (Å²) in [5.41, 5.74) is 2.97. The molecule has 0 saturated carbocycles. The summed E-state index contributed by atoms with van der Waals surface area (Å²) < 4.78 is 10.5. The van der Waals surface area contributed by atoms with Gasteiger partial charge in [0.05, 0.1) is 31.5 Å². The molecule has 3 unspecified atom stereocenters. The molecule has 0 aromatic heterocycles. The third kappa shape index (κ3) is 2.28. The molecule has 1 aromatic carbocycles. The number of rotatable bonds is 1. The molecule has 3 aliphatic rings. The maximum Gasteiger partial charge on any atom is 0.322 e. The van der Waals surface area contributed by atoms with Crippen molar-refractivity contribution in [1.82, 2.24) is 0 Å². The van der Waals surface area contributed by atoms with Crippen molar-refractivity contribution >= 4 is 34.4 Å². The smallest absolute Gasteiger partial charge is 0.322 e. The summed E-state index contributed by atoms with van der Waals surface area (Å²) in [4.78, 5) is 22.4. The highest BCUT2D eigenvalue weighted by Crippen LogP contribution is 2.55. The van der Waals surface area contributed by atoms with Crippen LogP contribution in [0.3, 0.4) is 0 Å². The first-order valence-electron chi connectivity index (χ1n) is 8.03. The number of esters is 1. The molecule has 1 aliphatic carbocycles. The molecule has 1 aromatic rings. The third-order valence-electron chi connectivity index (χ3n) is 4.81. The van der Waals surface area contributed by atoms with Crippen LogP contribution in [0.25, 0.3) is 0 Å². The Hall–Kier alpha value is -2.34. The predicted molar refractivity (Wildman–Crippen MR) is 99.4 cm³/mol. The van der Waals surface area contributed by atoms with E-state index in [1.54, 1.807) is 7.11 Å². The van der Waals surface area contributed by atoms with E-state index in [2.05, 4.69) is 6.08 Å². The molecule has 2 aliphatic heterocycles. The first-order valence-corrected chi connectivity index (χ1v) is 8.91. The summed E-state index contributed by atoms with van der Waals surface area (Å²) in [6.45, 7) is 2.04. The van der Waals surface area contributed by atoms with E-state index in [1.165, 1.54) is 18.9 Å². The number of carbonyl (C=O) groups excluding carboxylic acids is 1. The normalized spacial score (nSPS) is 29.3. The predicted octanol–water partition coefficient (Wildman–Crippen LogP) is 3.39. The van der Waals surface area contributed by atoms with Crippen LogP contribution in [0.1, 0.15) is 12.5 Å². The fourth-order valence-corrected chi connectivity index (χ4v) is 4.89. The van der Waals surface area contributed by atoms with E-state index in [0.717, 1.165) is 22.5 Å². The van der Waals surface area contributed by atoms with Gasteiger partial charge in [-0.05, 0) is 30.8 Å². The summed E-state index contributed by atoms with van der Waals surface area (Å²) in [5.74, 6) is -0.450. The molecule has 0 amide bonds. The highest BCUT2D eigenvalue weighted by Gasteiger charge is 2.59. The lowest BCUT2D eigenvalue weighted by atomic mass is 9.69. The van der Waals surface area contributed by atoms with Gasteiger partial charge in [0.25, 0.3) is 0 Å². The number of hydrogen-bond acceptors (Lipinski definition) is 6. The van der Waals surface area contributed by atoms with E-state index in [9.17, 15) is 4.79 Å². The number of benzene rings is 1. The zero-order valence-electron chi connectivity index (χ0n) is 14.2. The first-order chi connectivity index (χ1) is 12.1. The van der Waals surface area contributed by atoms with Crippen molar-refractivity contribution in [3.63, 3.8) is 0 Å². The molecule has 0 fully saturated rings. The number of thioether (sulfide) groups is 1. The molecule has 1 spiro atoms. The average Bonchev–Trinajstić information content (AvgIpc) is 3.02. The minimum Gasteiger partial charge on any atom is -0.476 e. The van der Waals surface area contributed by atoms with Crippen molar-refractivity contribution in [3.05, 3.63) is 53.6 Å². The molecule has 4 rings (SSSR count). The van der Waals surface area contributed by atoms with Gasteiger partial charge in [0.2, 0.25) is 5.23 Å². The maximum atomic E-state index is 12.7. The second kappa shape index (κ2) is 5.88. The number of fused-ring (bicyclic) bond motifs is 4. The fourth-order valence-electron chi connectivity index (χ4n) is 3.69. The van der Waals surface area contributed by atoms with Crippen molar-refractivity contribution in [3.8, 4) is 0 Å². The zero-order chi connectivity index (χ0) is 17.6. The fraction of sp³-hybridized carbons (Fsp3) is 0.316. The number of allylic oxidation sites excluding steroid dienone is 3. The van der Waals surface area contributed by atoms with E-state index in [1.807, 2.05) is 43.3 Å². The third-order valence-corrected chi connectivity index (χ3v) is 6.06. The standard InChI is InChI=1S/C19H18N2O3S/c1-11-8-9-15-13(10-11)19(12-6-4-5-7-14(12)20-15)16(17(22)23-2)25-18(21-19)24-3/h4-10,13,16H,1-3H3. The first kappa shape index (κ1) is 16.1. The lowest BCUT2D eigenvalue weighted by Crippen LogP contribution is -2.49.